The molecule has 0 saturated heterocycles. The van der Waals surface area contributed by atoms with E-state index in [0.29, 0.717) is 35.5 Å². The van der Waals surface area contributed by atoms with Crippen molar-refractivity contribution < 1.29 is 12.8 Å². The van der Waals surface area contributed by atoms with Gasteiger partial charge in [-0.3, -0.25) is 4.31 Å². The van der Waals surface area contributed by atoms with Gasteiger partial charge in [-0.05, 0) is 42.4 Å². The predicted molar refractivity (Wildman–Crippen MR) is 128 cm³/mol. The van der Waals surface area contributed by atoms with Crippen molar-refractivity contribution in [2.24, 2.45) is 17.6 Å². The molecule has 9 nitrogen and oxygen atoms in total. The summed E-state index contributed by atoms with van der Waals surface area (Å²) in [4.78, 5) is 6.62. The summed E-state index contributed by atoms with van der Waals surface area (Å²) in [7, 11) is -0.0638. The van der Waals surface area contributed by atoms with E-state index in [4.69, 9.17) is 10.2 Å². The van der Waals surface area contributed by atoms with Gasteiger partial charge in [-0.15, -0.1) is 10.2 Å². The van der Waals surface area contributed by atoms with Crippen molar-refractivity contribution in [3.8, 4) is 11.5 Å². The second-order valence-electron chi connectivity index (χ2n) is 8.90. The third-order valence-corrected chi connectivity index (χ3v) is 7.28. The Bertz CT molecular complexity index is 1210. The predicted octanol–water partition coefficient (Wildman–Crippen LogP) is 2.86. The van der Waals surface area contributed by atoms with Crippen molar-refractivity contribution >= 4 is 21.7 Å². The smallest absolute Gasteiger partial charge is 0.248 e. The largest absolute Gasteiger partial charge is 0.419 e. The van der Waals surface area contributed by atoms with Crippen LogP contribution in [0.4, 0.5) is 11.6 Å². The first-order valence-corrected chi connectivity index (χ1v) is 12.8. The molecule has 1 aromatic carbocycles. The molecule has 33 heavy (non-hydrogen) atoms. The molecule has 0 bridgehead atoms. The summed E-state index contributed by atoms with van der Waals surface area (Å²) in [6.45, 7) is 3.07. The van der Waals surface area contributed by atoms with Crippen LogP contribution in [0, 0.1) is 11.8 Å². The Morgan fingerprint density at radius 2 is 1.82 bits per heavy atom. The summed E-state index contributed by atoms with van der Waals surface area (Å²) in [6.07, 6.45) is 2.89. The van der Waals surface area contributed by atoms with Crippen LogP contribution in [0.3, 0.4) is 0 Å². The average molecular weight is 471 g/mol. The van der Waals surface area contributed by atoms with Crippen LogP contribution in [-0.2, 0) is 16.4 Å². The van der Waals surface area contributed by atoms with Gasteiger partial charge in [-0.2, -0.15) is 0 Å². The van der Waals surface area contributed by atoms with Crippen LogP contribution in [0.2, 0.25) is 0 Å². The van der Waals surface area contributed by atoms with E-state index in [1.54, 1.807) is 6.07 Å². The van der Waals surface area contributed by atoms with Crippen molar-refractivity contribution in [2.45, 2.75) is 25.8 Å². The summed E-state index contributed by atoms with van der Waals surface area (Å²) in [5, 5.41) is 8.33. The maximum Gasteiger partial charge on any atom is 0.248 e. The molecular weight excluding hydrogens is 440 g/mol. The van der Waals surface area contributed by atoms with Gasteiger partial charge in [-0.1, -0.05) is 37.3 Å². The summed E-state index contributed by atoms with van der Waals surface area (Å²) < 4.78 is 31.4. The molecule has 10 heteroatoms. The topological polar surface area (TPSA) is 118 Å². The molecule has 1 saturated carbocycles. The van der Waals surface area contributed by atoms with Gasteiger partial charge in [0.15, 0.2) is 0 Å². The molecule has 0 aliphatic heterocycles. The molecule has 4 rings (SSSR count). The van der Waals surface area contributed by atoms with Gasteiger partial charge < -0.3 is 15.1 Å². The van der Waals surface area contributed by atoms with Gasteiger partial charge in [-0.25, -0.2) is 13.4 Å². The number of pyridine rings is 1. The maximum atomic E-state index is 12.2. The van der Waals surface area contributed by atoms with E-state index in [0.717, 1.165) is 22.7 Å². The third-order valence-electron chi connectivity index (χ3n) is 6.10. The summed E-state index contributed by atoms with van der Waals surface area (Å²) >= 11 is 0. The van der Waals surface area contributed by atoms with Crippen LogP contribution in [0.1, 0.15) is 30.8 Å². The second kappa shape index (κ2) is 9.11. The lowest BCUT2D eigenvalue weighted by Gasteiger charge is -2.22. The lowest BCUT2D eigenvalue weighted by molar-refractivity contribution is 0.457. The van der Waals surface area contributed by atoms with Crippen molar-refractivity contribution in [3.05, 3.63) is 53.9 Å². The Morgan fingerprint density at radius 1 is 1.15 bits per heavy atom. The highest BCUT2D eigenvalue weighted by molar-refractivity contribution is 7.92. The fraction of sp³-hybridized carbons (Fsp3) is 0.435. The van der Waals surface area contributed by atoms with Crippen LogP contribution >= 0.6 is 0 Å². The molecule has 3 unspecified atom stereocenters. The Hall–Kier alpha value is -2.98. The number of nitrogens with two attached hydrogens (primary N) is 1. The average Bonchev–Trinajstić information content (AvgIpc) is 3.25. The minimum Gasteiger partial charge on any atom is -0.419 e. The maximum absolute atomic E-state index is 12.2. The van der Waals surface area contributed by atoms with E-state index in [2.05, 4.69) is 22.1 Å². The molecular formula is C23H30N6O3S. The summed E-state index contributed by atoms with van der Waals surface area (Å²) in [5.74, 6) is 2.83. The molecule has 2 heterocycles. The van der Waals surface area contributed by atoms with E-state index in [9.17, 15) is 8.42 Å². The molecule has 1 fully saturated rings. The fourth-order valence-electron chi connectivity index (χ4n) is 3.71. The highest BCUT2D eigenvalue weighted by Crippen LogP contribution is 2.39. The van der Waals surface area contributed by atoms with E-state index < -0.39 is 16.1 Å². The van der Waals surface area contributed by atoms with Crippen molar-refractivity contribution in [1.29, 1.82) is 0 Å². The van der Waals surface area contributed by atoms with Gasteiger partial charge in [0.05, 0.1) is 12.3 Å². The highest BCUT2D eigenvalue weighted by atomic mass is 32.2. The normalized spacial score (nSPS) is 18.7. The lowest BCUT2D eigenvalue weighted by atomic mass is 10.1. The number of hydrogen-bond acceptors (Lipinski definition) is 8. The SMILES string of the molecule is CC1CC1CN(C)c1cc(-c2nnc(C(N)Cc3ccccc3)o2)cc(N(C)S(C)(=O)=O)n1. The van der Waals surface area contributed by atoms with Crippen LogP contribution in [0.5, 0.6) is 0 Å². The number of aromatic nitrogens is 3. The minimum atomic E-state index is -3.49. The quantitative estimate of drug-likeness (QED) is 0.507. The number of benzene rings is 1. The Labute approximate surface area is 194 Å². The third kappa shape index (κ3) is 5.51. The molecule has 3 atom stereocenters. The molecule has 1 aliphatic rings. The number of hydrogen-bond donors (Lipinski definition) is 1. The molecule has 0 radical (unpaired) electrons. The van der Waals surface area contributed by atoms with Crippen LogP contribution in [-0.4, -0.2) is 50.5 Å². The monoisotopic (exact) mass is 470 g/mol. The van der Waals surface area contributed by atoms with Gasteiger partial charge >= 0.3 is 0 Å². The van der Waals surface area contributed by atoms with Gasteiger partial charge in [0, 0.05) is 26.2 Å². The summed E-state index contributed by atoms with van der Waals surface area (Å²) in [5.41, 5.74) is 7.96. The van der Waals surface area contributed by atoms with Gasteiger partial charge in [0.2, 0.25) is 21.8 Å². The standard InChI is InChI=1S/C23H30N6O3S/c1-15-10-18(15)14-28(2)20-12-17(13-21(25-20)29(3)33(4,30)31)22-26-27-23(32-22)19(24)11-16-8-6-5-7-9-16/h5-9,12-13,15,18-19H,10-11,14,24H2,1-4H3. The molecule has 176 valence electrons. The van der Waals surface area contributed by atoms with Crippen LogP contribution < -0.4 is 14.9 Å². The van der Waals surface area contributed by atoms with Crippen molar-refractivity contribution in [1.82, 2.24) is 15.2 Å². The second-order valence-corrected chi connectivity index (χ2v) is 10.9. The van der Waals surface area contributed by atoms with Crippen molar-refractivity contribution in [3.63, 3.8) is 0 Å². The number of anilines is 2. The number of rotatable bonds is 9. The first-order valence-electron chi connectivity index (χ1n) is 10.9. The van der Waals surface area contributed by atoms with E-state index in [1.807, 2.05) is 48.3 Å². The van der Waals surface area contributed by atoms with E-state index in [-0.39, 0.29) is 11.7 Å². The van der Waals surface area contributed by atoms with Gasteiger partial charge in [0.25, 0.3) is 0 Å². The zero-order valence-corrected chi connectivity index (χ0v) is 20.2. The lowest BCUT2D eigenvalue weighted by Crippen LogP contribution is -2.27. The molecule has 1 aliphatic carbocycles. The molecule has 3 aromatic rings. The zero-order valence-electron chi connectivity index (χ0n) is 19.3. The number of nitrogens with zero attached hydrogens (tertiary/aromatic N) is 5. The number of sulfonamides is 1. The Kier molecular flexibility index (Phi) is 6.40. The fourth-order valence-corrected chi connectivity index (χ4v) is 4.14. The highest BCUT2D eigenvalue weighted by Gasteiger charge is 2.33. The van der Waals surface area contributed by atoms with Crippen LogP contribution in [0.15, 0.2) is 46.9 Å². The Balaban J connectivity index is 1.64. The summed E-state index contributed by atoms with van der Waals surface area (Å²) in [6, 6.07) is 12.9. The molecule has 0 amide bonds. The van der Waals surface area contributed by atoms with Crippen LogP contribution in [0.25, 0.3) is 11.5 Å². The van der Waals surface area contributed by atoms with Gasteiger partial charge in [0.1, 0.15) is 11.6 Å². The Morgan fingerprint density at radius 3 is 2.45 bits per heavy atom. The zero-order chi connectivity index (χ0) is 23.8. The first kappa shape index (κ1) is 23.2. The molecule has 2 N–H and O–H groups in total. The minimum absolute atomic E-state index is 0.272. The first-order chi connectivity index (χ1) is 15.6. The van der Waals surface area contributed by atoms with E-state index in [1.165, 1.54) is 13.5 Å². The molecule has 0 spiro atoms. The molecule has 2 aromatic heterocycles. The van der Waals surface area contributed by atoms with E-state index >= 15 is 0 Å². The van der Waals surface area contributed by atoms with Crippen molar-refractivity contribution in [2.75, 3.05) is 36.1 Å².